The fourth-order valence-electron chi connectivity index (χ4n) is 3.68. The van der Waals surface area contributed by atoms with Crippen LogP contribution in [0.15, 0.2) is 41.3 Å². The molecule has 2 aromatic carbocycles. The summed E-state index contributed by atoms with van der Waals surface area (Å²) in [6.45, 7) is 4.22. The van der Waals surface area contributed by atoms with Crippen LogP contribution in [-0.4, -0.2) is 33.9 Å². The normalized spacial score (nSPS) is 18.4. The van der Waals surface area contributed by atoms with E-state index in [0.29, 0.717) is 19.4 Å². The third kappa shape index (κ3) is 4.37. The number of hydrogen-bond acceptors (Lipinski definition) is 4. The van der Waals surface area contributed by atoms with Gasteiger partial charge in [-0.2, -0.15) is 4.31 Å². The Labute approximate surface area is 165 Å². The molecule has 0 aromatic heterocycles. The standard InChI is InChI=1S/C19H23FN2O4S2/c1-13-9-14(2)11-15(10-13)18-5-4-8-22(18)28(25,26)19-7-6-16(12-17(19)20)21-27(3,23)24/h6-7,9-12,18,21H,4-5,8H2,1-3H3. The lowest BCUT2D eigenvalue weighted by atomic mass is 10.0. The van der Waals surface area contributed by atoms with Crippen LogP contribution in [0.5, 0.6) is 0 Å². The number of hydrogen-bond donors (Lipinski definition) is 1. The van der Waals surface area contributed by atoms with E-state index < -0.39 is 30.8 Å². The molecule has 2 aromatic rings. The van der Waals surface area contributed by atoms with E-state index >= 15 is 0 Å². The zero-order valence-electron chi connectivity index (χ0n) is 15.9. The molecule has 1 atom stereocenters. The van der Waals surface area contributed by atoms with Gasteiger partial charge in [0.15, 0.2) is 0 Å². The maximum atomic E-state index is 14.6. The van der Waals surface area contributed by atoms with Crippen molar-refractivity contribution in [2.75, 3.05) is 17.5 Å². The highest BCUT2D eigenvalue weighted by atomic mass is 32.2. The van der Waals surface area contributed by atoms with Crippen LogP contribution >= 0.6 is 0 Å². The maximum absolute atomic E-state index is 14.6. The average Bonchev–Trinajstić information content (AvgIpc) is 3.02. The van der Waals surface area contributed by atoms with Gasteiger partial charge < -0.3 is 0 Å². The van der Waals surface area contributed by atoms with Crippen molar-refractivity contribution in [1.82, 2.24) is 4.31 Å². The number of nitrogens with one attached hydrogen (secondary N) is 1. The van der Waals surface area contributed by atoms with Crippen molar-refractivity contribution in [2.24, 2.45) is 0 Å². The van der Waals surface area contributed by atoms with E-state index in [1.54, 1.807) is 0 Å². The van der Waals surface area contributed by atoms with Gasteiger partial charge in [0.1, 0.15) is 10.7 Å². The van der Waals surface area contributed by atoms with Crippen LogP contribution in [0.2, 0.25) is 0 Å². The number of benzene rings is 2. The van der Waals surface area contributed by atoms with E-state index in [9.17, 15) is 21.2 Å². The molecule has 28 heavy (non-hydrogen) atoms. The van der Waals surface area contributed by atoms with Gasteiger partial charge in [-0.1, -0.05) is 29.3 Å². The van der Waals surface area contributed by atoms with Crippen molar-refractivity contribution in [3.8, 4) is 0 Å². The fraction of sp³-hybridized carbons (Fsp3) is 0.368. The first-order valence-electron chi connectivity index (χ1n) is 8.85. The molecule has 0 radical (unpaired) electrons. The second-order valence-corrected chi connectivity index (χ2v) is 10.8. The number of anilines is 1. The molecule has 0 saturated carbocycles. The third-order valence-corrected chi connectivity index (χ3v) is 7.20. The van der Waals surface area contributed by atoms with E-state index in [-0.39, 0.29) is 11.7 Å². The molecule has 1 unspecified atom stereocenters. The summed E-state index contributed by atoms with van der Waals surface area (Å²) in [5.41, 5.74) is 2.96. The summed E-state index contributed by atoms with van der Waals surface area (Å²) in [5, 5.41) is 0. The van der Waals surface area contributed by atoms with Crippen LogP contribution in [0.1, 0.15) is 35.6 Å². The number of sulfonamides is 2. The predicted octanol–water partition coefficient (Wildman–Crippen LogP) is 3.34. The second kappa shape index (κ2) is 7.46. The Morgan fingerprint density at radius 1 is 1.04 bits per heavy atom. The Morgan fingerprint density at radius 3 is 2.25 bits per heavy atom. The number of aryl methyl sites for hydroxylation is 2. The zero-order valence-corrected chi connectivity index (χ0v) is 17.6. The summed E-state index contributed by atoms with van der Waals surface area (Å²) in [6, 6.07) is 8.83. The molecule has 152 valence electrons. The summed E-state index contributed by atoms with van der Waals surface area (Å²) in [7, 11) is -7.66. The first-order chi connectivity index (χ1) is 13.0. The van der Waals surface area contributed by atoms with Gasteiger partial charge in [-0.25, -0.2) is 21.2 Å². The molecule has 1 N–H and O–H groups in total. The molecule has 1 aliphatic heterocycles. The summed E-state index contributed by atoms with van der Waals surface area (Å²) in [4.78, 5) is -0.456. The van der Waals surface area contributed by atoms with Gasteiger partial charge in [0.25, 0.3) is 0 Å². The van der Waals surface area contributed by atoms with Gasteiger partial charge in [0.2, 0.25) is 20.0 Å². The Hall–Kier alpha value is -1.97. The van der Waals surface area contributed by atoms with Crippen molar-refractivity contribution >= 4 is 25.7 Å². The summed E-state index contributed by atoms with van der Waals surface area (Å²) < 4.78 is 67.0. The van der Waals surface area contributed by atoms with E-state index in [2.05, 4.69) is 4.72 Å². The molecule has 0 bridgehead atoms. The van der Waals surface area contributed by atoms with E-state index in [4.69, 9.17) is 0 Å². The molecular weight excluding hydrogens is 403 g/mol. The minimum atomic E-state index is -4.07. The van der Waals surface area contributed by atoms with Crippen LogP contribution < -0.4 is 4.72 Å². The minimum Gasteiger partial charge on any atom is -0.284 e. The molecule has 9 heteroatoms. The van der Waals surface area contributed by atoms with Crippen molar-refractivity contribution in [3.05, 3.63) is 58.9 Å². The van der Waals surface area contributed by atoms with Crippen molar-refractivity contribution in [2.45, 2.75) is 37.6 Å². The molecular formula is C19H23FN2O4S2. The molecule has 3 rings (SSSR count). The van der Waals surface area contributed by atoms with Gasteiger partial charge in [0, 0.05) is 6.54 Å². The largest absolute Gasteiger partial charge is 0.284 e. The molecule has 1 saturated heterocycles. The van der Waals surface area contributed by atoms with E-state index in [1.807, 2.05) is 32.0 Å². The van der Waals surface area contributed by atoms with Gasteiger partial charge in [-0.05, 0) is 50.5 Å². The monoisotopic (exact) mass is 426 g/mol. The third-order valence-electron chi connectivity index (χ3n) is 4.65. The Balaban J connectivity index is 1.97. The first kappa shape index (κ1) is 20.8. The highest BCUT2D eigenvalue weighted by molar-refractivity contribution is 7.92. The number of nitrogens with zero attached hydrogens (tertiary/aromatic N) is 1. The average molecular weight is 427 g/mol. The van der Waals surface area contributed by atoms with Crippen LogP contribution in [-0.2, 0) is 20.0 Å². The molecule has 1 heterocycles. The first-order valence-corrected chi connectivity index (χ1v) is 12.2. The van der Waals surface area contributed by atoms with Crippen molar-refractivity contribution in [3.63, 3.8) is 0 Å². The lowest BCUT2D eigenvalue weighted by molar-refractivity contribution is 0.393. The minimum absolute atomic E-state index is 0.0220. The number of rotatable bonds is 5. The predicted molar refractivity (Wildman–Crippen MR) is 107 cm³/mol. The lowest BCUT2D eigenvalue weighted by Crippen LogP contribution is -2.31. The molecule has 6 nitrogen and oxygen atoms in total. The Kier molecular flexibility index (Phi) is 5.53. The van der Waals surface area contributed by atoms with E-state index in [1.165, 1.54) is 10.4 Å². The summed E-state index contributed by atoms with van der Waals surface area (Å²) >= 11 is 0. The van der Waals surface area contributed by atoms with Gasteiger partial charge in [-0.15, -0.1) is 0 Å². The van der Waals surface area contributed by atoms with Crippen molar-refractivity contribution < 1.29 is 21.2 Å². The molecule has 1 fully saturated rings. The number of halogens is 1. The van der Waals surface area contributed by atoms with Gasteiger partial charge in [0.05, 0.1) is 18.0 Å². The van der Waals surface area contributed by atoms with Crippen LogP contribution in [0.25, 0.3) is 0 Å². The summed E-state index contributed by atoms with van der Waals surface area (Å²) in [6.07, 6.45) is 2.29. The Bertz CT molecular complexity index is 1090. The molecule has 0 amide bonds. The molecule has 0 spiro atoms. The maximum Gasteiger partial charge on any atom is 0.246 e. The fourth-order valence-corrected chi connectivity index (χ4v) is 5.96. The smallest absolute Gasteiger partial charge is 0.246 e. The molecule has 0 aliphatic carbocycles. The van der Waals surface area contributed by atoms with Gasteiger partial charge in [-0.3, -0.25) is 4.72 Å². The lowest BCUT2D eigenvalue weighted by Gasteiger charge is -2.25. The topological polar surface area (TPSA) is 83.6 Å². The molecule has 1 aliphatic rings. The van der Waals surface area contributed by atoms with Gasteiger partial charge >= 0.3 is 0 Å². The highest BCUT2D eigenvalue weighted by Gasteiger charge is 2.37. The second-order valence-electron chi connectivity index (χ2n) is 7.21. The van der Waals surface area contributed by atoms with Crippen LogP contribution in [0, 0.1) is 19.7 Å². The summed E-state index contributed by atoms with van der Waals surface area (Å²) in [5.74, 6) is -0.986. The van der Waals surface area contributed by atoms with Crippen molar-refractivity contribution in [1.29, 1.82) is 0 Å². The van der Waals surface area contributed by atoms with Crippen LogP contribution in [0.4, 0.5) is 10.1 Å². The highest BCUT2D eigenvalue weighted by Crippen LogP contribution is 2.38. The van der Waals surface area contributed by atoms with Crippen LogP contribution in [0.3, 0.4) is 0 Å². The quantitative estimate of drug-likeness (QED) is 0.795. The zero-order chi connectivity index (χ0) is 20.7. The van der Waals surface area contributed by atoms with E-state index in [0.717, 1.165) is 35.1 Å². The Morgan fingerprint density at radius 2 is 1.68 bits per heavy atom. The SMILES string of the molecule is Cc1cc(C)cc(C2CCCN2S(=O)(=O)c2ccc(NS(C)(=O)=O)cc2F)c1.